The number of hydrogen-bond acceptors (Lipinski definition) is 3. The van der Waals surface area contributed by atoms with E-state index in [1.54, 1.807) is 0 Å². The zero-order valence-electron chi connectivity index (χ0n) is 7.21. The lowest BCUT2D eigenvalue weighted by Crippen LogP contribution is -2.13. The number of carbonyl (C=O) groups is 1. The van der Waals surface area contributed by atoms with Gasteiger partial charge in [0.15, 0.2) is 0 Å². The van der Waals surface area contributed by atoms with Crippen LogP contribution in [-0.2, 0) is 14.3 Å². The van der Waals surface area contributed by atoms with Gasteiger partial charge in [0.1, 0.15) is 6.29 Å². The van der Waals surface area contributed by atoms with Crippen molar-refractivity contribution >= 4 is 6.29 Å². The van der Waals surface area contributed by atoms with Crippen molar-refractivity contribution in [3.63, 3.8) is 0 Å². The topological polar surface area (TPSA) is 35.5 Å². The van der Waals surface area contributed by atoms with Crippen molar-refractivity contribution in [1.82, 2.24) is 0 Å². The number of rotatable bonds is 7. The van der Waals surface area contributed by atoms with E-state index in [0.29, 0.717) is 26.2 Å². The normalized spacial score (nSPS) is 12.9. The summed E-state index contributed by atoms with van der Waals surface area (Å²) < 4.78 is 10.3. The minimum atomic E-state index is 0.0213. The van der Waals surface area contributed by atoms with E-state index in [-0.39, 0.29) is 6.10 Å². The maximum absolute atomic E-state index is 9.99. The minimum absolute atomic E-state index is 0.0213. The molecule has 0 heterocycles. The van der Waals surface area contributed by atoms with Crippen LogP contribution in [-0.4, -0.2) is 32.2 Å². The van der Waals surface area contributed by atoms with E-state index in [0.717, 1.165) is 6.29 Å². The fraction of sp³-hybridized carbons (Fsp3) is 0.875. The van der Waals surface area contributed by atoms with Crippen molar-refractivity contribution in [3.8, 4) is 0 Å². The van der Waals surface area contributed by atoms with Crippen LogP contribution in [0.1, 0.15) is 20.3 Å². The molecule has 0 N–H and O–H groups in total. The molecule has 0 bridgehead atoms. The van der Waals surface area contributed by atoms with Crippen LogP contribution in [0, 0.1) is 0 Å². The summed E-state index contributed by atoms with van der Waals surface area (Å²) in [5, 5.41) is 0. The zero-order chi connectivity index (χ0) is 8.53. The predicted molar refractivity (Wildman–Crippen MR) is 42.6 cm³/mol. The first-order chi connectivity index (χ1) is 5.31. The molecule has 0 saturated carbocycles. The second-order valence-electron chi connectivity index (χ2n) is 2.28. The Kier molecular flexibility index (Phi) is 7.41. The Labute approximate surface area is 67.7 Å². The van der Waals surface area contributed by atoms with E-state index < -0.39 is 0 Å². The van der Waals surface area contributed by atoms with Gasteiger partial charge in [0.25, 0.3) is 0 Å². The van der Waals surface area contributed by atoms with Gasteiger partial charge in [-0.05, 0) is 13.8 Å². The molecule has 0 amide bonds. The third-order valence-corrected chi connectivity index (χ3v) is 1.26. The van der Waals surface area contributed by atoms with Gasteiger partial charge < -0.3 is 14.3 Å². The van der Waals surface area contributed by atoms with Crippen LogP contribution < -0.4 is 0 Å². The second kappa shape index (κ2) is 7.69. The summed E-state index contributed by atoms with van der Waals surface area (Å²) in [7, 11) is 0. The monoisotopic (exact) mass is 160 g/mol. The second-order valence-corrected chi connectivity index (χ2v) is 2.28. The molecule has 0 saturated heterocycles. The molecule has 11 heavy (non-hydrogen) atoms. The van der Waals surface area contributed by atoms with Crippen LogP contribution in [0.15, 0.2) is 0 Å². The first-order valence-corrected chi connectivity index (χ1v) is 3.94. The molecule has 0 rings (SSSR count). The highest BCUT2D eigenvalue weighted by Crippen LogP contribution is 1.93. The van der Waals surface area contributed by atoms with Crippen molar-refractivity contribution in [1.29, 1.82) is 0 Å². The Balaban J connectivity index is 3.03. The van der Waals surface area contributed by atoms with Gasteiger partial charge in [-0.15, -0.1) is 0 Å². The standard InChI is InChI=1S/C8H16O3/c1-3-10-6-7-11-8(2)4-5-9/h5,8H,3-4,6-7H2,1-2H3/t8-/m1/s1. The predicted octanol–water partition coefficient (Wildman–Crippen LogP) is 1.02. The minimum Gasteiger partial charge on any atom is -0.379 e. The van der Waals surface area contributed by atoms with Gasteiger partial charge in [-0.25, -0.2) is 0 Å². The zero-order valence-corrected chi connectivity index (χ0v) is 7.21. The molecular weight excluding hydrogens is 144 g/mol. The molecule has 0 fully saturated rings. The van der Waals surface area contributed by atoms with Gasteiger partial charge in [0, 0.05) is 13.0 Å². The number of aldehydes is 1. The average molecular weight is 160 g/mol. The Morgan fingerprint density at radius 1 is 1.45 bits per heavy atom. The van der Waals surface area contributed by atoms with Crippen LogP contribution in [0.3, 0.4) is 0 Å². The lowest BCUT2D eigenvalue weighted by Gasteiger charge is -2.08. The average Bonchev–Trinajstić information content (AvgIpc) is 1.99. The van der Waals surface area contributed by atoms with Gasteiger partial charge in [-0.1, -0.05) is 0 Å². The van der Waals surface area contributed by atoms with E-state index in [4.69, 9.17) is 9.47 Å². The van der Waals surface area contributed by atoms with E-state index in [9.17, 15) is 4.79 Å². The molecule has 0 radical (unpaired) electrons. The summed E-state index contributed by atoms with van der Waals surface area (Å²) in [6.07, 6.45) is 1.35. The van der Waals surface area contributed by atoms with Gasteiger partial charge in [-0.2, -0.15) is 0 Å². The number of hydrogen-bond donors (Lipinski definition) is 0. The summed E-state index contributed by atoms with van der Waals surface area (Å²) >= 11 is 0. The molecule has 1 atom stereocenters. The summed E-state index contributed by atoms with van der Waals surface area (Å²) in [6, 6.07) is 0. The molecule has 0 aromatic rings. The molecule has 0 aromatic carbocycles. The van der Waals surface area contributed by atoms with E-state index in [1.165, 1.54) is 0 Å². The number of ether oxygens (including phenoxy) is 2. The highest BCUT2D eigenvalue weighted by atomic mass is 16.5. The van der Waals surface area contributed by atoms with Gasteiger partial charge in [-0.3, -0.25) is 0 Å². The molecule has 3 nitrogen and oxygen atoms in total. The van der Waals surface area contributed by atoms with Crippen LogP contribution in [0.25, 0.3) is 0 Å². The van der Waals surface area contributed by atoms with Crippen LogP contribution in [0.2, 0.25) is 0 Å². The van der Waals surface area contributed by atoms with Crippen LogP contribution in [0.5, 0.6) is 0 Å². The van der Waals surface area contributed by atoms with Crippen molar-refractivity contribution in [3.05, 3.63) is 0 Å². The third-order valence-electron chi connectivity index (χ3n) is 1.26. The molecule has 0 aliphatic rings. The van der Waals surface area contributed by atoms with E-state index >= 15 is 0 Å². The van der Waals surface area contributed by atoms with E-state index in [1.807, 2.05) is 13.8 Å². The Morgan fingerprint density at radius 2 is 2.18 bits per heavy atom. The summed E-state index contributed by atoms with van der Waals surface area (Å²) in [4.78, 5) is 9.99. The van der Waals surface area contributed by atoms with Crippen molar-refractivity contribution in [2.75, 3.05) is 19.8 Å². The fourth-order valence-electron chi connectivity index (χ4n) is 0.656. The van der Waals surface area contributed by atoms with Crippen LogP contribution >= 0.6 is 0 Å². The van der Waals surface area contributed by atoms with Crippen molar-refractivity contribution in [2.24, 2.45) is 0 Å². The van der Waals surface area contributed by atoms with Gasteiger partial charge in [0.2, 0.25) is 0 Å². The molecule has 0 unspecified atom stereocenters. The maximum Gasteiger partial charge on any atom is 0.122 e. The molecule has 0 spiro atoms. The first-order valence-electron chi connectivity index (χ1n) is 3.94. The Bertz CT molecular complexity index is 93.3. The largest absolute Gasteiger partial charge is 0.379 e. The summed E-state index contributed by atoms with van der Waals surface area (Å²) in [5.74, 6) is 0. The Hall–Kier alpha value is -0.410. The van der Waals surface area contributed by atoms with Gasteiger partial charge >= 0.3 is 0 Å². The van der Waals surface area contributed by atoms with Gasteiger partial charge in [0.05, 0.1) is 19.3 Å². The molecule has 0 aliphatic heterocycles. The molecule has 3 heteroatoms. The fourth-order valence-corrected chi connectivity index (χ4v) is 0.656. The molecule has 66 valence electrons. The highest BCUT2D eigenvalue weighted by Gasteiger charge is 1.98. The van der Waals surface area contributed by atoms with Crippen molar-refractivity contribution < 1.29 is 14.3 Å². The summed E-state index contributed by atoms with van der Waals surface area (Å²) in [5.41, 5.74) is 0. The lowest BCUT2D eigenvalue weighted by molar-refractivity contribution is -0.110. The van der Waals surface area contributed by atoms with E-state index in [2.05, 4.69) is 0 Å². The third kappa shape index (κ3) is 7.49. The summed E-state index contributed by atoms with van der Waals surface area (Å²) in [6.45, 7) is 5.71. The first kappa shape index (κ1) is 10.6. The maximum atomic E-state index is 9.99. The smallest absolute Gasteiger partial charge is 0.122 e. The SMILES string of the molecule is CCOCCO[C@H](C)CC=O. The molecular formula is C8H16O3. The highest BCUT2D eigenvalue weighted by molar-refractivity contribution is 5.49. The lowest BCUT2D eigenvalue weighted by atomic mass is 10.3. The number of carbonyl (C=O) groups excluding carboxylic acids is 1. The van der Waals surface area contributed by atoms with Crippen molar-refractivity contribution in [2.45, 2.75) is 26.4 Å². The molecule has 0 aromatic heterocycles. The Morgan fingerprint density at radius 3 is 2.73 bits per heavy atom. The molecule has 0 aliphatic carbocycles. The quantitative estimate of drug-likeness (QED) is 0.412. The van der Waals surface area contributed by atoms with Crippen LogP contribution in [0.4, 0.5) is 0 Å².